The average molecular weight is 273 g/mol. The number of hydrogen-bond acceptors (Lipinski definition) is 3. The summed E-state index contributed by atoms with van der Waals surface area (Å²) in [6.07, 6.45) is 7.72. The summed E-state index contributed by atoms with van der Waals surface area (Å²) in [5.41, 5.74) is 5.02. The van der Waals surface area contributed by atoms with Crippen LogP contribution in [0.4, 0.5) is 0 Å². The average Bonchev–Trinajstić information content (AvgIpc) is 3.09. The Morgan fingerprint density at radius 2 is 2.15 bits per heavy atom. The summed E-state index contributed by atoms with van der Waals surface area (Å²) >= 11 is 0. The van der Waals surface area contributed by atoms with E-state index in [9.17, 15) is 0 Å². The van der Waals surface area contributed by atoms with Crippen LogP contribution in [0.15, 0.2) is 12.4 Å². The Bertz CT molecular complexity index is 591. The fraction of sp³-hybridized carbons (Fsp3) is 0.600. The van der Waals surface area contributed by atoms with Gasteiger partial charge in [0.1, 0.15) is 0 Å². The predicted octanol–water partition coefficient (Wildman–Crippen LogP) is 1.58. The van der Waals surface area contributed by atoms with Crippen molar-refractivity contribution in [1.82, 2.24) is 24.9 Å². The number of nitrogens with one attached hydrogen (secondary N) is 1. The first kappa shape index (κ1) is 13.4. The van der Waals surface area contributed by atoms with E-state index >= 15 is 0 Å². The summed E-state index contributed by atoms with van der Waals surface area (Å²) in [4.78, 5) is 0. The molecular weight excluding hydrogens is 250 g/mol. The van der Waals surface area contributed by atoms with Gasteiger partial charge in [0.05, 0.1) is 18.4 Å². The zero-order valence-electron chi connectivity index (χ0n) is 12.6. The van der Waals surface area contributed by atoms with Crippen LogP contribution < -0.4 is 5.32 Å². The van der Waals surface area contributed by atoms with E-state index in [1.54, 1.807) is 0 Å². The lowest BCUT2D eigenvalue weighted by Gasteiger charge is -2.05. The first-order chi connectivity index (χ1) is 9.63. The lowest BCUT2D eigenvalue weighted by molar-refractivity contribution is 0.653. The Hall–Kier alpha value is -1.62. The van der Waals surface area contributed by atoms with Crippen LogP contribution in [-0.4, -0.2) is 32.1 Å². The minimum Gasteiger partial charge on any atom is -0.314 e. The van der Waals surface area contributed by atoms with E-state index in [2.05, 4.69) is 34.0 Å². The number of rotatable bonds is 6. The molecule has 0 amide bonds. The van der Waals surface area contributed by atoms with Gasteiger partial charge in [-0.05, 0) is 45.2 Å². The molecule has 5 heteroatoms. The van der Waals surface area contributed by atoms with Crippen molar-refractivity contribution < 1.29 is 0 Å². The van der Waals surface area contributed by atoms with Crippen LogP contribution in [0.3, 0.4) is 0 Å². The van der Waals surface area contributed by atoms with E-state index in [0.29, 0.717) is 0 Å². The lowest BCUT2D eigenvalue weighted by atomic mass is 10.1. The molecule has 0 saturated heterocycles. The first-order valence-electron chi connectivity index (χ1n) is 7.37. The summed E-state index contributed by atoms with van der Waals surface area (Å²) in [5, 5.41) is 12.5. The van der Waals surface area contributed by atoms with Crippen molar-refractivity contribution in [2.24, 2.45) is 7.05 Å². The monoisotopic (exact) mass is 273 g/mol. The Morgan fingerprint density at radius 1 is 1.35 bits per heavy atom. The summed E-state index contributed by atoms with van der Waals surface area (Å²) < 4.78 is 3.93. The van der Waals surface area contributed by atoms with Crippen molar-refractivity contribution in [3.05, 3.63) is 34.9 Å². The van der Waals surface area contributed by atoms with Gasteiger partial charge in [0.2, 0.25) is 0 Å². The van der Waals surface area contributed by atoms with Crippen LogP contribution in [0, 0.1) is 13.8 Å². The molecule has 3 rings (SSSR count). The normalized spacial score (nSPS) is 14.9. The van der Waals surface area contributed by atoms with Crippen molar-refractivity contribution in [3.63, 3.8) is 0 Å². The third-order valence-corrected chi connectivity index (χ3v) is 4.01. The minimum absolute atomic E-state index is 0.779. The molecule has 2 heterocycles. The highest BCUT2D eigenvalue weighted by Gasteiger charge is 2.20. The molecule has 1 fully saturated rings. The Morgan fingerprint density at radius 3 is 2.80 bits per heavy atom. The first-order valence-corrected chi connectivity index (χ1v) is 7.37. The molecule has 0 spiro atoms. The topological polar surface area (TPSA) is 47.7 Å². The summed E-state index contributed by atoms with van der Waals surface area (Å²) in [5.74, 6) is 0. The molecule has 0 atom stereocenters. The number of aromatic nitrogens is 4. The van der Waals surface area contributed by atoms with Gasteiger partial charge in [-0.25, -0.2) is 0 Å². The second-order valence-corrected chi connectivity index (χ2v) is 5.81. The smallest absolute Gasteiger partial charge is 0.0693 e. The van der Waals surface area contributed by atoms with E-state index in [4.69, 9.17) is 0 Å². The minimum atomic E-state index is 0.779. The highest BCUT2D eigenvalue weighted by molar-refractivity contribution is 5.25. The van der Waals surface area contributed by atoms with Crippen molar-refractivity contribution in [2.45, 2.75) is 45.7 Å². The van der Waals surface area contributed by atoms with Gasteiger partial charge < -0.3 is 5.32 Å². The maximum atomic E-state index is 4.68. The van der Waals surface area contributed by atoms with Crippen molar-refractivity contribution in [2.75, 3.05) is 6.54 Å². The van der Waals surface area contributed by atoms with Crippen molar-refractivity contribution in [3.8, 4) is 0 Å². The van der Waals surface area contributed by atoms with Gasteiger partial charge in [-0.1, -0.05) is 0 Å². The molecule has 1 aliphatic carbocycles. The van der Waals surface area contributed by atoms with Gasteiger partial charge in [-0.3, -0.25) is 9.36 Å². The summed E-state index contributed by atoms with van der Waals surface area (Å²) in [7, 11) is 1.94. The maximum Gasteiger partial charge on any atom is 0.0693 e. The zero-order valence-corrected chi connectivity index (χ0v) is 12.6. The van der Waals surface area contributed by atoms with Gasteiger partial charge in [0.25, 0.3) is 0 Å². The number of hydrogen-bond donors (Lipinski definition) is 1. The standard InChI is InChI=1S/C15H23N5/c1-11-15(6-7-16-14-4-5-14)12(2)20(18-11)10-13-8-17-19(3)9-13/h8-9,14,16H,4-7,10H2,1-3H3. The van der Waals surface area contributed by atoms with Crippen molar-refractivity contribution in [1.29, 1.82) is 0 Å². The molecule has 1 aliphatic rings. The van der Waals surface area contributed by atoms with Gasteiger partial charge >= 0.3 is 0 Å². The number of aryl methyl sites for hydroxylation is 2. The molecular formula is C15H23N5. The van der Waals surface area contributed by atoms with Crippen LogP contribution in [0.2, 0.25) is 0 Å². The van der Waals surface area contributed by atoms with Crippen LogP contribution in [-0.2, 0) is 20.0 Å². The van der Waals surface area contributed by atoms with E-state index in [1.807, 2.05) is 24.1 Å². The van der Waals surface area contributed by atoms with Crippen molar-refractivity contribution >= 4 is 0 Å². The summed E-state index contributed by atoms with van der Waals surface area (Å²) in [6.45, 7) is 6.14. The predicted molar refractivity (Wildman–Crippen MR) is 78.7 cm³/mol. The SMILES string of the molecule is Cc1nn(Cc2cnn(C)c2)c(C)c1CCNC1CC1. The second kappa shape index (κ2) is 5.40. The molecule has 5 nitrogen and oxygen atoms in total. The second-order valence-electron chi connectivity index (χ2n) is 5.81. The maximum absolute atomic E-state index is 4.68. The third kappa shape index (κ3) is 2.93. The molecule has 0 radical (unpaired) electrons. The molecule has 2 aromatic rings. The van der Waals surface area contributed by atoms with E-state index in [1.165, 1.54) is 29.7 Å². The largest absolute Gasteiger partial charge is 0.314 e. The van der Waals surface area contributed by atoms with Crippen LogP contribution >= 0.6 is 0 Å². The molecule has 0 aromatic carbocycles. The third-order valence-electron chi connectivity index (χ3n) is 4.01. The fourth-order valence-electron chi connectivity index (χ4n) is 2.66. The van der Waals surface area contributed by atoms with Gasteiger partial charge in [0.15, 0.2) is 0 Å². The van der Waals surface area contributed by atoms with Gasteiger partial charge in [-0.2, -0.15) is 10.2 Å². The zero-order chi connectivity index (χ0) is 14.1. The van der Waals surface area contributed by atoms with Crippen LogP contribution in [0.1, 0.15) is 35.4 Å². The van der Waals surface area contributed by atoms with Crippen LogP contribution in [0.25, 0.3) is 0 Å². The molecule has 108 valence electrons. The van der Waals surface area contributed by atoms with E-state index in [0.717, 1.165) is 31.2 Å². The highest BCUT2D eigenvalue weighted by Crippen LogP contribution is 2.19. The Labute approximate surface area is 120 Å². The quantitative estimate of drug-likeness (QED) is 0.869. The Kier molecular flexibility index (Phi) is 3.61. The molecule has 0 bridgehead atoms. The molecule has 2 aromatic heterocycles. The van der Waals surface area contributed by atoms with Crippen LogP contribution in [0.5, 0.6) is 0 Å². The molecule has 1 N–H and O–H groups in total. The number of nitrogens with zero attached hydrogens (tertiary/aromatic N) is 4. The highest BCUT2D eigenvalue weighted by atomic mass is 15.3. The molecule has 1 saturated carbocycles. The van der Waals surface area contributed by atoms with E-state index < -0.39 is 0 Å². The summed E-state index contributed by atoms with van der Waals surface area (Å²) in [6, 6.07) is 0.779. The molecule has 0 unspecified atom stereocenters. The molecule has 20 heavy (non-hydrogen) atoms. The fourth-order valence-corrected chi connectivity index (χ4v) is 2.66. The Balaban J connectivity index is 1.68. The van der Waals surface area contributed by atoms with E-state index in [-0.39, 0.29) is 0 Å². The lowest BCUT2D eigenvalue weighted by Crippen LogP contribution is -2.19. The molecule has 0 aliphatic heterocycles. The van der Waals surface area contributed by atoms with Gasteiger partial charge in [0, 0.05) is 30.5 Å². The van der Waals surface area contributed by atoms with Gasteiger partial charge in [-0.15, -0.1) is 0 Å².